The summed E-state index contributed by atoms with van der Waals surface area (Å²) in [6, 6.07) is 9.46. The summed E-state index contributed by atoms with van der Waals surface area (Å²) in [6.45, 7) is 6.91. The summed E-state index contributed by atoms with van der Waals surface area (Å²) in [5, 5.41) is 0. The molecule has 3 aromatic rings. The van der Waals surface area contributed by atoms with Crippen LogP contribution in [0.3, 0.4) is 0 Å². The van der Waals surface area contributed by atoms with Crippen molar-refractivity contribution in [3.8, 4) is 5.82 Å². The van der Waals surface area contributed by atoms with Gasteiger partial charge in [-0.3, -0.25) is 9.55 Å². The molecule has 0 amide bonds. The Morgan fingerprint density at radius 1 is 1.17 bits per heavy atom. The topological polar surface area (TPSA) is 35.1 Å². The Balaban J connectivity index is 2.19. The van der Waals surface area contributed by atoms with Crippen LogP contribution in [-0.4, -0.2) is 14.5 Å². The molecule has 0 fully saturated rings. The highest BCUT2D eigenvalue weighted by atomic mass is 79.9. The van der Waals surface area contributed by atoms with Gasteiger partial charge < -0.3 is 0 Å². The first-order valence-electron chi connectivity index (χ1n) is 5.24. The highest BCUT2D eigenvalue weighted by molar-refractivity contribution is 9.10. The molecule has 0 aliphatic heterocycles. The highest BCUT2D eigenvalue weighted by Gasteiger charge is 2.05. The predicted octanol–water partition coefficient (Wildman–Crippen LogP) is 3.73. The maximum atomic E-state index is 6.91. The molecule has 86 valence electrons. The largest absolute Gasteiger partial charge is 0.283 e. The molecule has 0 unspecified atom stereocenters. The zero-order chi connectivity index (χ0) is 12.5. The number of fused-ring (bicyclic) bond motifs is 1. The maximum Gasteiger partial charge on any atom is 0.205 e. The van der Waals surface area contributed by atoms with Gasteiger partial charge >= 0.3 is 0 Å². The minimum Gasteiger partial charge on any atom is -0.283 e. The van der Waals surface area contributed by atoms with Crippen LogP contribution in [0.15, 0.2) is 47.3 Å². The molecule has 0 radical (unpaired) electrons. The molecule has 2 heterocycles. The van der Waals surface area contributed by atoms with Crippen molar-refractivity contribution in [3.05, 3.63) is 58.7 Å². The normalized spacial score (nSPS) is 10.4. The van der Waals surface area contributed by atoms with E-state index in [2.05, 4.69) is 30.7 Å². The Labute approximate surface area is 112 Å². The van der Waals surface area contributed by atoms with Crippen molar-refractivity contribution in [1.82, 2.24) is 14.5 Å². The van der Waals surface area contributed by atoms with E-state index in [4.69, 9.17) is 6.57 Å². The molecule has 3 rings (SSSR count). The second-order valence-corrected chi connectivity index (χ2v) is 4.65. The van der Waals surface area contributed by atoms with Crippen LogP contribution in [0.25, 0.3) is 21.7 Å². The van der Waals surface area contributed by atoms with Crippen LogP contribution in [0, 0.1) is 6.57 Å². The molecule has 4 nitrogen and oxygen atoms in total. The third-order valence-electron chi connectivity index (χ3n) is 2.62. The minimum absolute atomic E-state index is 0.532. The monoisotopic (exact) mass is 298 g/mol. The SMILES string of the molecule is [C-]#[N+]c1ccc(-n2cnc3ccc(Br)cc32)nc1. The van der Waals surface area contributed by atoms with Gasteiger partial charge in [-0.05, 0) is 24.3 Å². The van der Waals surface area contributed by atoms with E-state index >= 15 is 0 Å². The Morgan fingerprint density at radius 3 is 2.78 bits per heavy atom. The van der Waals surface area contributed by atoms with Crippen LogP contribution >= 0.6 is 15.9 Å². The van der Waals surface area contributed by atoms with Crippen molar-refractivity contribution in [1.29, 1.82) is 0 Å². The number of pyridine rings is 1. The van der Waals surface area contributed by atoms with Crippen molar-refractivity contribution in [2.75, 3.05) is 0 Å². The maximum absolute atomic E-state index is 6.91. The predicted molar refractivity (Wildman–Crippen MR) is 72.8 cm³/mol. The summed E-state index contributed by atoms with van der Waals surface area (Å²) in [7, 11) is 0. The van der Waals surface area contributed by atoms with Crippen LogP contribution in [0.2, 0.25) is 0 Å². The smallest absolute Gasteiger partial charge is 0.205 e. The van der Waals surface area contributed by atoms with Gasteiger partial charge in [0.05, 0.1) is 17.6 Å². The molecule has 5 heteroatoms. The molecule has 0 aliphatic carbocycles. The lowest BCUT2D eigenvalue weighted by Gasteiger charge is -2.03. The van der Waals surface area contributed by atoms with Crippen LogP contribution < -0.4 is 0 Å². The molecular weight excluding hydrogens is 292 g/mol. The number of rotatable bonds is 1. The van der Waals surface area contributed by atoms with Gasteiger partial charge in [0, 0.05) is 10.7 Å². The van der Waals surface area contributed by atoms with Crippen molar-refractivity contribution in [2.24, 2.45) is 0 Å². The van der Waals surface area contributed by atoms with E-state index in [-0.39, 0.29) is 0 Å². The summed E-state index contributed by atoms with van der Waals surface area (Å²) in [5.74, 6) is 0.753. The van der Waals surface area contributed by atoms with Crippen molar-refractivity contribution < 1.29 is 0 Å². The number of benzene rings is 1. The molecule has 18 heavy (non-hydrogen) atoms. The van der Waals surface area contributed by atoms with Gasteiger partial charge in [0.15, 0.2) is 0 Å². The van der Waals surface area contributed by atoms with Gasteiger partial charge in [0.25, 0.3) is 0 Å². The lowest BCUT2D eigenvalue weighted by atomic mass is 10.3. The lowest BCUT2D eigenvalue weighted by Crippen LogP contribution is -1.94. The zero-order valence-electron chi connectivity index (χ0n) is 9.21. The first-order chi connectivity index (χ1) is 8.78. The molecule has 1 aromatic carbocycles. The van der Waals surface area contributed by atoms with Gasteiger partial charge in [-0.1, -0.05) is 22.0 Å². The second kappa shape index (κ2) is 4.24. The molecule has 0 atom stereocenters. The molecule has 0 aliphatic rings. The van der Waals surface area contributed by atoms with E-state index in [9.17, 15) is 0 Å². The summed E-state index contributed by atoms with van der Waals surface area (Å²) in [6.07, 6.45) is 3.29. The fourth-order valence-corrected chi connectivity index (χ4v) is 2.10. The molecule has 0 spiro atoms. The van der Waals surface area contributed by atoms with Gasteiger partial charge in [-0.15, -0.1) is 0 Å². The van der Waals surface area contributed by atoms with Gasteiger partial charge in [0.2, 0.25) is 5.69 Å². The number of hydrogen-bond acceptors (Lipinski definition) is 2. The van der Waals surface area contributed by atoms with E-state index in [1.165, 1.54) is 0 Å². The Hall–Kier alpha value is -2.19. The van der Waals surface area contributed by atoms with Crippen molar-refractivity contribution in [3.63, 3.8) is 0 Å². The average Bonchev–Trinajstić information content (AvgIpc) is 2.82. The number of aromatic nitrogens is 3. The number of hydrogen-bond donors (Lipinski definition) is 0. The second-order valence-electron chi connectivity index (χ2n) is 3.73. The van der Waals surface area contributed by atoms with E-state index in [0.29, 0.717) is 5.69 Å². The van der Waals surface area contributed by atoms with Gasteiger partial charge in [-0.25, -0.2) is 9.83 Å². The first-order valence-corrected chi connectivity index (χ1v) is 6.04. The molecular formula is C13H7BrN4. The lowest BCUT2D eigenvalue weighted by molar-refractivity contribution is 1.02. The summed E-state index contributed by atoms with van der Waals surface area (Å²) >= 11 is 3.45. The zero-order valence-corrected chi connectivity index (χ0v) is 10.8. The first kappa shape index (κ1) is 10.9. The van der Waals surface area contributed by atoms with E-state index in [1.54, 1.807) is 18.6 Å². The standard InChI is InChI=1S/C13H7BrN4/c1-15-10-3-5-13(16-7-10)18-8-17-11-4-2-9(14)6-12(11)18/h2-8H. The fourth-order valence-electron chi connectivity index (χ4n) is 1.75. The number of halogens is 1. The van der Waals surface area contributed by atoms with Crippen LogP contribution in [0.1, 0.15) is 0 Å². The fraction of sp³-hybridized carbons (Fsp3) is 0. The number of nitrogens with zero attached hydrogens (tertiary/aromatic N) is 4. The summed E-state index contributed by atoms with van der Waals surface area (Å²) in [4.78, 5) is 11.9. The van der Waals surface area contributed by atoms with E-state index in [1.807, 2.05) is 28.8 Å². The molecule has 2 aromatic heterocycles. The van der Waals surface area contributed by atoms with E-state index < -0.39 is 0 Å². The summed E-state index contributed by atoms with van der Waals surface area (Å²) in [5.41, 5.74) is 2.42. The summed E-state index contributed by atoms with van der Waals surface area (Å²) < 4.78 is 2.89. The average molecular weight is 299 g/mol. The van der Waals surface area contributed by atoms with Crippen molar-refractivity contribution in [2.45, 2.75) is 0 Å². The third-order valence-corrected chi connectivity index (χ3v) is 3.11. The van der Waals surface area contributed by atoms with Crippen LogP contribution in [-0.2, 0) is 0 Å². The molecule has 0 bridgehead atoms. The van der Waals surface area contributed by atoms with Crippen LogP contribution in [0.4, 0.5) is 5.69 Å². The van der Waals surface area contributed by atoms with E-state index in [0.717, 1.165) is 21.3 Å². The van der Waals surface area contributed by atoms with Gasteiger partial charge in [0.1, 0.15) is 12.1 Å². The minimum atomic E-state index is 0.532. The number of imidazole rings is 1. The molecule has 0 N–H and O–H groups in total. The van der Waals surface area contributed by atoms with Crippen molar-refractivity contribution >= 4 is 32.7 Å². The Morgan fingerprint density at radius 2 is 2.06 bits per heavy atom. The Bertz CT molecular complexity index is 753. The Kier molecular flexibility index (Phi) is 2.58. The third kappa shape index (κ3) is 1.77. The van der Waals surface area contributed by atoms with Crippen LogP contribution in [0.5, 0.6) is 0 Å². The molecule has 0 saturated heterocycles. The molecule has 0 saturated carbocycles. The van der Waals surface area contributed by atoms with Gasteiger partial charge in [-0.2, -0.15) is 0 Å². The quantitative estimate of drug-likeness (QED) is 0.642. The highest BCUT2D eigenvalue weighted by Crippen LogP contribution is 2.22.